The van der Waals surface area contributed by atoms with Crippen LogP contribution in [0.4, 0.5) is 13.2 Å². The van der Waals surface area contributed by atoms with Gasteiger partial charge in [0.15, 0.2) is 0 Å². The number of benzene rings is 1. The Kier molecular flexibility index (Phi) is 3.96. The first-order valence-electron chi connectivity index (χ1n) is 9.08. The van der Waals surface area contributed by atoms with Crippen LogP contribution < -0.4 is 0 Å². The van der Waals surface area contributed by atoms with Gasteiger partial charge >= 0.3 is 6.18 Å². The number of rotatable bonds is 5. The van der Waals surface area contributed by atoms with Crippen molar-refractivity contribution in [1.29, 1.82) is 0 Å². The number of aromatic amines is 1. The zero-order chi connectivity index (χ0) is 20.3. The number of nitrogens with one attached hydrogen (secondary N) is 1. The lowest BCUT2D eigenvalue weighted by Crippen LogP contribution is -2.39. The highest BCUT2D eigenvalue weighted by molar-refractivity contribution is 6.21. The summed E-state index contributed by atoms with van der Waals surface area (Å²) in [7, 11) is 0. The van der Waals surface area contributed by atoms with E-state index >= 15 is 0 Å². The number of carbonyl (C=O) groups excluding carboxylic acids is 2. The molecular weight excluding hydrogens is 371 g/mol. The fraction of sp³-hybridized carbons (Fsp3) is 0.450. The van der Waals surface area contributed by atoms with Gasteiger partial charge in [-0.05, 0) is 36.3 Å². The van der Waals surface area contributed by atoms with Gasteiger partial charge in [-0.15, -0.1) is 0 Å². The van der Waals surface area contributed by atoms with Crippen LogP contribution in [0.1, 0.15) is 53.1 Å². The Morgan fingerprint density at radius 3 is 2.29 bits per heavy atom. The van der Waals surface area contributed by atoms with E-state index in [4.69, 9.17) is 0 Å². The smallest absolute Gasteiger partial charge is 0.348 e. The molecule has 2 aromatic rings. The second-order valence-electron chi connectivity index (χ2n) is 8.45. The molecule has 1 aromatic heterocycles. The molecule has 8 heteroatoms. The van der Waals surface area contributed by atoms with Crippen molar-refractivity contribution < 1.29 is 22.8 Å². The predicted molar refractivity (Wildman–Crippen MR) is 94.6 cm³/mol. The topological polar surface area (TPSA) is 66.1 Å². The molecule has 1 aliphatic heterocycles. The van der Waals surface area contributed by atoms with E-state index in [2.05, 4.69) is 9.97 Å². The molecule has 148 valence electrons. The first-order valence-corrected chi connectivity index (χ1v) is 9.08. The summed E-state index contributed by atoms with van der Waals surface area (Å²) in [5, 5.41) is 0. The largest absolute Gasteiger partial charge is 0.400 e. The molecule has 2 atom stereocenters. The highest BCUT2D eigenvalue weighted by Gasteiger charge is 2.72. The number of carbonyl (C=O) groups is 2. The molecule has 4 rings (SSSR count). The molecule has 1 saturated carbocycles. The zero-order valence-electron chi connectivity index (χ0n) is 15.5. The molecule has 1 fully saturated rings. The van der Waals surface area contributed by atoms with E-state index in [1.54, 1.807) is 38.1 Å². The molecule has 1 aliphatic carbocycles. The van der Waals surface area contributed by atoms with Crippen LogP contribution in [0.3, 0.4) is 0 Å². The number of alkyl halides is 3. The number of fused-ring (bicyclic) bond motifs is 1. The van der Waals surface area contributed by atoms with Crippen molar-refractivity contribution in [3.05, 3.63) is 53.6 Å². The summed E-state index contributed by atoms with van der Waals surface area (Å²) in [6.45, 7) is 3.67. The maximum absolute atomic E-state index is 13.8. The SMILES string of the molecule is CC(C)(CC1CC1(c1cnc[nH]1)C(F)(F)F)CN1C(=O)c2ccccc2C1=O. The van der Waals surface area contributed by atoms with Gasteiger partial charge in [0.2, 0.25) is 0 Å². The van der Waals surface area contributed by atoms with Crippen molar-refractivity contribution >= 4 is 11.8 Å². The highest BCUT2D eigenvalue weighted by atomic mass is 19.4. The van der Waals surface area contributed by atoms with Crippen LogP contribution in [0.2, 0.25) is 0 Å². The number of hydrogen-bond acceptors (Lipinski definition) is 3. The van der Waals surface area contributed by atoms with Crippen LogP contribution in [0.15, 0.2) is 36.8 Å². The van der Waals surface area contributed by atoms with Gasteiger partial charge in [0, 0.05) is 12.7 Å². The van der Waals surface area contributed by atoms with Gasteiger partial charge in [-0.1, -0.05) is 26.0 Å². The van der Waals surface area contributed by atoms with Crippen molar-refractivity contribution in [2.75, 3.05) is 6.54 Å². The third-order valence-electron chi connectivity index (χ3n) is 5.85. The lowest BCUT2D eigenvalue weighted by molar-refractivity contribution is -0.166. The zero-order valence-corrected chi connectivity index (χ0v) is 15.5. The molecule has 0 saturated heterocycles. The van der Waals surface area contributed by atoms with Crippen LogP contribution in [0.25, 0.3) is 0 Å². The Morgan fingerprint density at radius 2 is 1.79 bits per heavy atom. The van der Waals surface area contributed by atoms with Gasteiger partial charge < -0.3 is 4.98 Å². The lowest BCUT2D eigenvalue weighted by Gasteiger charge is -2.30. The van der Waals surface area contributed by atoms with Crippen LogP contribution in [-0.2, 0) is 5.41 Å². The minimum absolute atomic E-state index is 0.0236. The number of imide groups is 1. The minimum Gasteiger partial charge on any atom is -0.348 e. The van der Waals surface area contributed by atoms with E-state index in [-0.39, 0.29) is 36.9 Å². The summed E-state index contributed by atoms with van der Waals surface area (Å²) in [5.74, 6) is -1.40. The van der Waals surface area contributed by atoms with Gasteiger partial charge in [0.1, 0.15) is 5.41 Å². The fourth-order valence-electron chi connectivity index (χ4n) is 4.45. The van der Waals surface area contributed by atoms with Gasteiger partial charge in [-0.2, -0.15) is 13.2 Å². The molecule has 0 spiro atoms. The number of halogens is 3. The molecule has 5 nitrogen and oxygen atoms in total. The molecule has 2 heterocycles. The summed E-state index contributed by atoms with van der Waals surface area (Å²) in [6.07, 6.45) is -1.70. The van der Waals surface area contributed by atoms with Crippen molar-refractivity contribution in [2.24, 2.45) is 11.3 Å². The van der Waals surface area contributed by atoms with Crippen LogP contribution in [-0.4, -0.2) is 39.4 Å². The normalized spacial score (nSPS) is 24.6. The first kappa shape index (κ1) is 18.7. The Labute approximate surface area is 159 Å². The highest BCUT2D eigenvalue weighted by Crippen LogP contribution is 2.65. The number of imidazole rings is 1. The van der Waals surface area contributed by atoms with Crippen molar-refractivity contribution in [1.82, 2.24) is 14.9 Å². The number of amides is 2. The molecule has 2 unspecified atom stereocenters. The van der Waals surface area contributed by atoms with E-state index in [1.165, 1.54) is 12.5 Å². The van der Waals surface area contributed by atoms with Gasteiger partial charge in [-0.25, -0.2) is 4.98 Å². The monoisotopic (exact) mass is 391 g/mol. The number of nitrogens with zero attached hydrogens (tertiary/aromatic N) is 2. The summed E-state index contributed by atoms with van der Waals surface area (Å²) in [6, 6.07) is 6.56. The third kappa shape index (κ3) is 2.73. The summed E-state index contributed by atoms with van der Waals surface area (Å²) in [4.78, 5) is 32.7. The Balaban J connectivity index is 1.52. The van der Waals surface area contributed by atoms with E-state index in [0.29, 0.717) is 11.1 Å². The molecule has 1 N–H and O–H groups in total. The van der Waals surface area contributed by atoms with Gasteiger partial charge in [0.05, 0.1) is 23.1 Å². The first-order chi connectivity index (χ1) is 13.1. The van der Waals surface area contributed by atoms with E-state index in [1.807, 2.05) is 0 Å². The maximum Gasteiger partial charge on any atom is 0.400 e. The Morgan fingerprint density at radius 1 is 1.18 bits per heavy atom. The standard InChI is InChI=1S/C20H20F3N3O2/c1-18(2,10-26-16(27)13-5-3-4-6-14(13)17(26)28)7-12-8-19(12,20(21,22)23)15-9-24-11-25-15/h3-6,9,11-12H,7-8,10H2,1-2H3,(H,24,25). The molecular formula is C20H20F3N3O2. The third-order valence-corrected chi connectivity index (χ3v) is 5.85. The summed E-state index contributed by atoms with van der Waals surface area (Å²) < 4.78 is 41.5. The molecule has 0 bridgehead atoms. The van der Waals surface area contributed by atoms with E-state index in [9.17, 15) is 22.8 Å². The molecule has 1 aromatic carbocycles. The van der Waals surface area contributed by atoms with Crippen molar-refractivity contribution in [2.45, 2.75) is 38.3 Å². The Bertz CT molecular complexity index is 901. The second kappa shape index (κ2) is 5.93. The number of hydrogen-bond donors (Lipinski definition) is 1. The quantitative estimate of drug-likeness (QED) is 0.785. The number of aromatic nitrogens is 2. The van der Waals surface area contributed by atoms with Crippen LogP contribution >= 0.6 is 0 Å². The summed E-state index contributed by atoms with van der Waals surface area (Å²) >= 11 is 0. The molecule has 2 amide bonds. The number of H-pyrrole nitrogens is 1. The average Bonchev–Trinajstić information content (AvgIpc) is 3.00. The predicted octanol–water partition coefficient (Wildman–Crippen LogP) is 3.94. The Hall–Kier alpha value is -2.64. The van der Waals surface area contributed by atoms with Crippen molar-refractivity contribution in [3.8, 4) is 0 Å². The lowest BCUT2D eigenvalue weighted by atomic mass is 9.83. The van der Waals surface area contributed by atoms with E-state index < -0.39 is 22.9 Å². The average molecular weight is 391 g/mol. The van der Waals surface area contributed by atoms with Gasteiger partial charge in [-0.3, -0.25) is 14.5 Å². The van der Waals surface area contributed by atoms with Crippen LogP contribution in [0, 0.1) is 11.3 Å². The minimum atomic E-state index is -4.39. The maximum atomic E-state index is 13.8. The molecule has 0 radical (unpaired) electrons. The van der Waals surface area contributed by atoms with Gasteiger partial charge in [0.25, 0.3) is 11.8 Å². The van der Waals surface area contributed by atoms with E-state index in [0.717, 1.165) is 4.90 Å². The van der Waals surface area contributed by atoms with Crippen LogP contribution in [0.5, 0.6) is 0 Å². The molecule has 2 aliphatic rings. The van der Waals surface area contributed by atoms with Crippen molar-refractivity contribution in [3.63, 3.8) is 0 Å². The molecule has 28 heavy (non-hydrogen) atoms. The summed E-state index contributed by atoms with van der Waals surface area (Å²) in [5.41, 5.74) is -1.83. The fourth-order valence-corrected chi connectivity index (χ4v) is 4.45. The second-order valence-corrected chi connectivity index (χ2v) is 8.45.